The first-order chi connectivity index (χ1) is 20.7. The van der Waals surface area contributed by atoms with Crippen LogP contribution >= 0.6 is 0 Å². The molecule has 3 amide bonds. The summed E-state index contributed by atoms with van der Waals surface area (Å²) in [5, 5.41) is 26.9. The van der Waals surface area contributed by atoms with E-state index in [1.165, 1.54) is 6.07 Å². The third-order valence-corrected chi connectivity index (χ3v) is 8.78. The number of fused-ring (bicyclic) bond motifs is 6. The van der Waals surface area contributed by atoms with Crippen molar-refractivity contribution < 1.29 is 38.1 Å². The van der Waals surface area contributed by atoms with Crippen LogP contribution in [0.3, 0.4) is 0 Å². The number of ether oxygens (including phenoxy) is 1. The average molecular weight is 604 g/mol. The van der Waals surface area contributed by atoms with E-state index < -0.39 is 54.0 Å². The van der Waals surface area contributed by atoms with E-state index in [0.717, 1.165) is 17.8 Å². The number of nitrogens with zero attached hydrogens (tertiary/aromatic N) is 4. The summed E-state index contributed by atoms with van der Waals surface area (Å²) in [5.74, 6) is -2.96. The highest BCUT2D eigenvalue weighted by atomic mass is 19.2. The highest BCUT2D eigenvalue weighted by Crippen LogP contribution is 2.27. The van der Waals surface area contributed by atoms with Gasteiger partial charge >= 0.3 is 0 Å². The summed E-state index contributed by atoms with van der Waals surface area (Å²) in [6, 6.07) is 1.80. The Morgan fingerprint density at radius 3 is 2.56 bits per heavy atom. The fourth-order valence-electron chi connectivity index (χ4n) is 6.52. The lowest BCUT2D eigenvalue weighted by Crippen LogP contribution is -2.62. The van der Waals surface area contributed by atoms with Crippen molar-refractivity contribution in [2.45, 2.75) is 68.5 Å². The Balaban J connectivity index is 1.27. The van der Waals surface area contributed by atoms with Gasteiger partial charge in [0, 0.05) is 63.7 Å². The molecule has 0 saturated carbocycles. The number of aromatic nitrogens is 2. The van der Waals surface area contributed by atoms with Crippen LogP contribution in [0.4, 0.5) is 8.78 Å². The molecule has 0 aliphatic carbocycles. The third kappa shape index (κ3) is 6.26. The van der Waals surface area contributed by atoms with Crippen LogP contribution in [0.1, 0.15) is 24.1 Å². The molecule has 13 nitrogen and oxygen atoms in total. The van der Waals surface area contributed by atoms with Crippen molar-refractivity contribution in [3.05, 3.63) is 53.6 Å². The number of amides is 3. The average Bonchev–Trinajstić information content (AvgIpc) is 3.70. The number of halogens is 2. The fraction of sp³-hybridized carbons (Fsp3) is 0.571. The lowest BCUT2D eigenvalue weighted by molar-refractivity contribution is -0.142. The second-order valence-corrected chi connectivity index (χ2v) is 11.7. The van der Waals surface area contributed by atoms with Crippen molar-refractivity contribution >= 4 is 17.7 Å². The third-order valence-electron chi connectivity index (χ3n) is 8.78. The monoisotopic (exact) mass is 603 g/mol. The number of aliphatic hydroxyl groups excluding tert-OH is 2. The molecular formula is C28H35F2N7O6. The van der Waals surface area contributed by atoms with Gasteiger partial charge in [-0.3, -0.25) is 24.2 Å². The molecule has 7 atom stereocenters. The van der Waals surface area contributed by atoms with Crippen LogP contribution < -0.4 is 10.6 Å². The Morgan fingerprint density at radius 2 is 1.79 bits per heavy atom. The molecule has 1 aromatic carbocycles. The van der Waals surface area contributed by atoms with Gasteiger partial charge in [0.25, 0.3) is 0 Å². The van der Waals surface area contributed by atoms with Crippen LogP contribution in [-0.2, 0) is 32.2 Å². The van der Waals surface area contributed by atoms with Gasteiger partial charge in [0.05, 0.1) is 24.9 Å². The van der Waals surface area contributed by atoms with Crippen molar-refractivity contribution in [1.29, 1.82) is 0 Å². The number of piperazine rings is 1. The Labute approximate surface area is 246 Å². The van der Waals surface area contributed by atoms with Gasteiger partial charge in [-0.25, -0.2) is 13.8 Å². The highest BCUT2D eigenvalue weighted by Gasteiger charge is 2.46. The molecule has 5 N–H and O–H groups in total. The summed E-state index contributed by atoms with van der Waals surface area (Å²) in [6.07, 6.45) is -1.22. The summed E-state index contributed by atoms with van der Waals surface area (Å²) >= 11 is 0. The maximum atomic E-state index is 14.0. The lowest BCUT2D eigenvalue weighted by atomic mass is 10.0. The first-order valence-corrected chi connectivity index (χ1v) is 14.4. The zero-order valence-corrected chi connectivity index (χ0v) is 23.4. The highest BCUT2D eigenvalue weighted by molar-refractivity contribution is 5.86. The Morgan fingerprint density at radius 1 is 0.977 bits per heavy atom. The number of aliphatic hydroxyl groups is 2. The number of H-pyrrole nitrogens is 1. The number of nitrogens with one attached hydrogen (secondary N) is 3. The molecule has 43 heavy (non-hydrogen) atoms. The van der Waals surface area contributed by atoms with Crippen LogP contribution in [0.15, 0.2) is 30.7 Å². The van der Waals surface area contributed by atoms with Gasteiger partial charge in [-0.05, 0) is 24.1 Å². The van der Waals surface area contributed by atoms with E-state index in [9.17, 15) is 33.4 Å². The number of benzene rings is 1. The quantitative estimate of drug-likeness (QED) is 0.279. The van der Waals surface area contributed by atoms with Gasteiger partial charge in [-0.2, -0.15) is 0 Å². The molecule has 0 unspecified atom stereocenters. The lowest BCUT2D eigenvalue weighted by Gasteiger charge is -2.42. The van der Waals surface area contributed by atoms with Crippen molar-refractivity contribution in [3.63, 3.8) is 0 Å². The van der Waals surface area contributed by atoms with Gasteiger partial charge in [0.2, 0.25) is 17.7 Å². The molecule has 0 radical (unpaired) electrons. The predicted octanol–water partition coefficient (Wildman–Crippen LogP) is -1.53. The summed E-state index contributed by atoms with van der Waals surface area (Å²) in [7, 11) is 0. The number of hydrogen-bond donors (Lipinski definition) is 5. The van der Waals surface area contributed by atoms with Gasteiger partial charge in [-0.15, -0.1) is 0 Å². The van der Waals surface area contributed by atoms with Crippen LogP contribution in [0.25, 0.3) is 0 Å². The zero-order chi connectivity index (χ0) is 30.2. The van der Waals surface area contributed by atoms with Gasteiger partial charge < -0.3 is 35.5 Å². The van der Waals surface area contributed by atoms with E-state index in [1.54, 1.807) is 22.3 Å². The second kappa shape index (κ2) is 12.2. The molecule has 4 aliphatic rings. The zero-order valence-electron chi connectivity index (χ0n) is 23.4. The fourth-order valence-corrected chi connectivity index (χ4v) is 6.52. The second-order valence-electron chi connectivity index (χ2n) is 11.7. The largest absolute Gasteiger partial charge is 0.388 e. The smallest absolute Gasteiger partial charge is 0.240 e. The molecule has 6 bridgehead atoms. The van der Waals surface area contributed by atoms with E-state index in [1.807, 2.05) is 4.90 Å². The van der Waals surface area contributed by atoms with E-state index in [-0.39, 0.29) is 43.9 Å². The predicted molar refractivity (Wildman–Crippen MR) is 145 cm³/mol. The molecule has 4 saturated heterocycles. The van der Waals surface area contributed by atoms with Crippen molar-refractivity contribution in [2.75, 3.05) is 32.7 Å². The molecule has 232 valence electrons. The number of hydrogen-bond acceptors (Lipinski definition) is 9. The molecule has 5 heterocycles. The molecular weight excluding hydrogens is 568 g/mol. The molecule has 2 aromatic rings. The van der Waals surface area contributed by atoms with Crippen LogP contribution in [0.2, 0.25) is 0 Å². The molecule has 4 aliphatic heterocycles. The van der Waals surface area contributed by atoms with E-state index >= 15 is 0 Å². The molecule has 15 heteroatoms. The number of carbonyl (C=O) groups is 3. The van der Waals surface area contributed by atoms with Crippen LogP contribution in [-0.4, -0.2) is 128 Å². The summed E-state index contributed by atoms with van der Waals surface area (Å²) in [6.45, 7) is 1.42. The Bertz CT molecular complexity index is 1350. The van der Waals surface area contributed by atoms with Gasteiger partial charge in [-0.1, -0.05) is 6.07 Å². The summed E-state index contributed by atoms with van der Waals surface area (Å²) in [5.41, 5.74) is 1.27. The van der Waals surface area contributed by atoms with Crippen molar-refractivity contribution in [2.24, 2.45) is 0 Å². The van der Waals surface area contributed by atoms with Gasteiger partial charge in [0.1, 0.15) is 24.4 Å². The Hall–Kier alpha value is -3.50. The number of imidazole rings is 1. The maximum absolute atomic E-state index is 14.0. The van der Waals surface area contributed by atoms with E-state index in [2.05, 4.69) is 20.6 Å². The minimum Gasteiger partial charge on any atom is -0.388 e. The van der Waals surface area contributed by atoms with Crippen molar-refractivity contribution in [3.8, 4) is 0 Å². The number of likely N-dealkylation sites (tertiary alicyclic amines) is 1. The van der Waals surface area contributed by atoms with Crippen LogP contribution in [0.5, 0.6) is 0 Å². The van der Waals surface area contributed by atoms with Crippen LogP contribution in [0, 0.1) is 11.6 Å². The SMILES string of the molecule is O=C1C[C@@H]2O[C@H](CNC(=O)[C@@H]3CN(CCN3Cc3ccc(F)c(F)c3)C(=O)[C@@H]3C[C@@H](CN3Cc3cnc[nH]3)N1)[C@@H](O)[C@H]2O. The molecule has 4 fully saturated rings. The maximum Gasteiger partial charge on any atom is 0.240 e. The Kier molecular flexibility index (Phi) is 8.42. The van der Waals surface area contributed by atoms with E-state index in [0.29, 0.717) is 38.2 Å². The molecule has 0 spiro atoms. The minimum absolute atomic E-state index is 0.0408. The summed E-state index contributed by atoms with van der Waals surface area (Å²) < 4.78 is 33.3. The standard InChI is InChI=1S/C28H35F2N7O6/c29-18-2-1-15(5-19(18)30)10-35-3-4-36-13-21(35)27(41)32-9-23-26(40)25(39)22(43-23)7-24(38)34-16-6-20(28(36)42)37(11-16)12-17-8-31-14-33-17/h1-2,5,8,14,16,20-23,25-26,39-40H,3-4,6-7,9-13H2,(H,31,33)(H,32,41)(H,34,38)/t16-,20-,21-,22-,23+,25-,26+/m0/s1. The first-order valence-electron chi connectivity index (χ1n) is 14.4. The van der Waals surface area contributed by atoms with Gasteiger partial charge in [0.15, 0.2) is 11.6 Å². The number of rotatable bonds is 4. The van der Waals surface area contributed by atoms with E-state index in [4.69, 9.17) is 4.74 Å². The number of carbonyl (C=O) groups excluding carboxylic acids is 3. The number of aromatic amines is 1. The minimum atomic E-state index is -1.33. The molecule has 6 rings (SSSR count). The first kappa shape index (κ1) is 29.6. The normalized spacial score (nSPS) is 32.6. The van der Waals surface area contributed by atoms with Crippen molar-refractivity contribution in [1.82, 2.24) is 35.3 Å². The molecule has 1 aromatic heterocycles. The topological polar surface area (TPSA) is 163 Å². The summed E-state index contributed by atoms with van der Waals surface area (Å²) in [4.78, 5) is 53.0.